The Morgan fingerprint density at radius 1 is 1.50 bits per heavy atom. The highest BCUT2D eigenvalue weighted by Gasteiger charge is 1.92. The van der Waals surface area contributed by atoms with Crippen LogP contribution < -0.4 is 0 Å². The lowest BCUT2D eigenvalue weighted by atomic mass is 11.1. The summed E-state index contributed by atoms with van der Waals surface area (Å²) >= 11 is 5.11. The molecule has 0 aliphatic heterocycles. The molecule has 0 unspecified atom stereocenters. The summed E-state index contributed by atoms with van der Waals surface area (Å²) in [6, 6.07) is 0. The summed E-state index contributed by atoms with van der Waals surface area (Å²) < 4.78 is 11.8. The number of hydrogen-bond donors (Lipinski definition) is 0. The van der Waals surface area contributed by atoms with Crippen molar-refractivity contribution in [2.24, 2.45) is 0 Å². The maximum atomic E-state index is 11.8. The van der Waals surface area contributed by atoms with Gasteiger partial charge in [-0.1, -0.05) is 0 Å². The van der Waals surface area contributed by atoms with E-state index in [4.69, 9.17) is 11.6 Å². The summed E-state index contributed by atoms with van der Waals surface area (Å²) in [6.07, 6.45) is 1.05. The molecule has 0 fully saturated rings. The van der Waals surface area contributed by atoms with Crippen LogP contribution in [0.5, 0.6) is 0 Å². The second kappa shape index (κ2) is 2.00. The van der Waals surface area contributed by atoms with Crippen molar-refractivity contribution in [2.45, 2.75) is 0 Å². The van der Waals surface area contributed by atoms with Gasteiger partial charge in [0.25, 0.3) is 0 Å². The van der Waals surface area contributed by atoms with E-state index in [0.29, 0.717) is 0 Å². The lowest BCUT2D eigenvalue weighted by Crippen LogP contribution is -1.89. The van der Waals surface area contributed by atoms with Crippen molar-refractivity contribution in [3.8, 4) is 0 Å². The van der Waals surface area contributed by atoms with Crippen molar-refractivity contribution in [1.29, 1.82) is 0 Å². The molecule has 1 aromatic rings. The summed E-state index contributed by atoms with van der Waals surface area (Å²) in [5.74, 6) is 0. The highest BCUT2D eigenvalue weighted by Crippen LogP contribution is 1.93. The van der Waals surface area contributed by atoms with Gasteiger partial charge in [0.1, 0.15) is 0 Å². The van der Waals surface area contributed by atoms with Gasteiger partial charge in [-0.05, 0) is 11.6 Å². The van der Waals surface area contributed by atoms with Gasteiger partial charge in [-0.3, -0.25) is 0 Å². The van der Waals surface area contributed by atoms with Crippen LogP contribution in [0.2, 0.25) is 5.28 Å². The first-order valence-electron chi connectivity index (χ1n) is 1.72. The number of nitrogens with zero attached hydrogens (tertiary/aromatic N) is 3. The fourth-order valence-electron chi connectivity index (χ4n) is 0.234. The van der Waals surface area contributed by atoms with Gasteiger partial charge in [-0.25, -0.2) is 0 Å². The van der Waals surface area contributed by atoms with Crippen LogP contribution in [-0.4, -0.2) is 15.0 Å². The Kier molecular flexibility index (Phi) is 1.34. The zero-order chi connectivity index (χ0) is 5.98. The molecule has 0 amide bonds. The number of rotatable bonds is 0. The molecular formula is C3ClFN3. The zero-order valence-electron chi connectivity index (χ0n) is 3.60. The second-order valence-electron chi connectivity index (χ2n) is 0.973. The molecule has 0 saturated carbocycles. The van der Waals surface area contributed by atoms with E-state index in [-0.39, 0.29) is 5.28 Å². The molecule has 8 heavy (non-hydrogen) atoms. The van der Waals surface area contributed by atoms with Crippen LogP contribution in [0.1, 0.15) is 0 Å². The van der Waals surface area contributed by atoms with E-state index >= 15 is 0 Å². The minimum Gasteiger partial charge on any atom is -0.194 e. The predicted molar refractivity (Wildman–Crippen MR) is 23.6 cm³/mol. The summed E-state index contributed by atoms with van der Waals surface area (Å²) in [4.78, 5) is 9.18. The second-order valence-corrected chi connectivity index (χ2v) is 1.31. The molecule has 3 nitrogen and oxygen atoms in total. The molecule has 5 heteroatoms. The Morgan fingerprint density at radius 3 is 2.62 bits per heavy atom. The Bertz CT molecular complexity index is 174. The number of aromatic nitrogens is 3. The number of hydrogen-bond acceptors (Lipinski definition) is 3. The van der Waals surface area contributed by atoms with Crippen molar-refractivity contribution in [3.63, 3.8) is 0 Å². The highest BCUT2D eigenvalue weighted by atomic mass is 35.5. The minimum absolute atomic E-state index is 0.183. The fourth-order valence-corrected chi connectivity index (χ4v) is 0.341. The van der Waals surface area contributed by atoms with Gasteiger partial charge in [0.15, 0.2) is 0 Å². The molecule has 0 aliphatic rings. The van der Waals surface area contributed by atoms with Crippen LogP contribution in [0.25, 0.3) is 0 Å². The Labute approximate surface area is 49.6 Å². The third-order valence-electron chi connectivity index (χ3n) is 0.469. The maximum Gasteiger partial charge on any atom is 0.313 e. The van der Waals surface area contributed by atoms with Crippen molar-refractivity contribution in [1.82, 2.24) is 15.0 Å². The first-order chi connectivity index (χ1) is 3.79. The molecule has 1 heterocycles. The molecule has 1 radical (unpaired) electrons. The molecule has 0 bridgehead atoms. The monoisotopic (exact) mass is 132 g/mol. The maximum absolute atomic E-state index is 11.8. The van der Waals surface area contributed by atoms with Gasteiger partial charge in [0.2, 0.25) is 11.6 Å². The van der Waals surface area contributed by atoms with E-state index in [1.807, 2.05) is 6.33 Å². The molecule has 0 N–H and O–H groups in total. The van der Waals surface area contributed by atoms with Gasteiger partial charge in [0, 0.05) is 0 Å². The molecule has 0 saturated heterocycles. The highest BCUT2D eigenvalue weighted by molar-refractivity contribution is 6.28. The molecule has 0 aliphatic carbocycles. The molecular weight excluding hydrogens is 133 g/mol. The fraction of sp³-hybridized carbons (Fsp3) is 0. The van der Waals surface area contributed by atoms with E-state index in [1.54, 1.807) is 0 Å². The normalized spacial score (nSPS) is 9.25. The minimum atomic E-state index is -0.912. The van der Waals surface area contributed by atoms with E-state index in [0.717, 1.165) is 0 Å². The largest absolute Gasteiger partial charge is 0.313 e. The molecule has 41 valence electrons. The Balaban J connectivity index is 3.08. The van der Waals surface area contributed by atoms with Gasteiger partial charge in [-0.15, -0.1) is 0 Å². The average Bonchev–Trinajstić information content (AvgIpc) is 1.64. The molecule has 0 spiro atoms. The molecule has 1 rings (SSSR count). The van der Waals surface area contributed by atoms with Gasteiger partial charge in [0.05, 0.1) is 0 Å². The topological polar surface area (TPSA) is 38.7 Å². The van der Waals surface area contributed by atoms with E-state index in [2.05, 4.69) is 15.0 Å². The van der Waals surface area contributed by atoms with Crippen molar-refractivity contribution in [3.05, 3.63) is 17.7 Å². The molecule has 0 aromatic carbocycles. The third kappa shape index (κ3) is 1.10. The lowest BCUT2D eigenvalue weighted by Gasteiger charge is -1.81. The first-order valence-corrected chi connectivity index (χ1v) is 2.10. The van der Waals surface area contributed by atoms with Crippen molar-refractivity contribution in [2.75, 3.05) is 0 Å². The Morgan fingerprint density at radius 2 is 2.25 bits per heavy atom. The lowest BCUT2D eigenvalue weighted by molar-refractivity contribution is 0.531. The summed E-state index contributed by atoms with van der Waals surface area (Å²) in [6.45, 7) is 0. The summed E-state index contributed by atoms with van der Waals surface area (Å²) in [7, 11) is 0. The Hall–Kier alpha value is -0.770. The summed E-state index contributed by atoms with van der Waals surface area (Å²) in [5, 5.41) is -0.183. The van der Waals surface area contributed by atoms with Crippen LogP contribution in [0.15, 0.2) is 0 Å². The molecule has 0 atom stereocenters. The zero-order valence-corrected chi connectivity index (χ0v) is 4.35. The first kappa shape index (κ1) is 5.37. The van der Waals surface area contributed by atoms with Crippen LogP contribution in [0, 0.1) is 12.4 Å². The van der Waals surface area contributed by atoms with Gasteiger partial charge >= 0.3 is 6.08 Å². The van der Waals surface area contributed by atoms with Crippen LogP contribution in [0.3, 0.4) is 0 Å². The van der Waals surface area contributed by atoms with E-state index < -0.39 is 6.08 Å². The smallest absolute Gasteiger partial charge is 0.194 e. The number of halogens is 2. The predicted octanol–water partition coefficient (Wildman–Crippen LogP) is 0.464. The molecule has 1 aromatic heterocycles. The van der Waals surface area contributed by atoms with E-state index in [9.17, 15) is 4.39 Å². The van der Waals surface area contributed by atoms with Crippen molar-refractivity contribution >= 4 is 11.6 Å². The quantitative estimate of drug-likeness (QED) is 0.515. The van der Waals surface area contributed by atoms with Gasteiger partial charge in [-0.2, -0.15) is 19.3 Å². The van der Waals surface area contributed by atoms with Crippen LogP contribution in [0.4, 0.5) is 4.39 Å². The van der Waals surface area contributed by atoms with Crippen LogP contribution >= 0.6 is 11.6 Å². The average molecular weight is 133 g/mol. The third-order valence-corrected chi connectivity index (χ3v) is 0.638. The van der Waals surface area contributed by atoms with Gasteiger partial charge < -0.3 is 0 Å². The van der Waals surface area contributed by atoms with Crippen molar-refractivity contribution < 1.29 is 4.39 Å². The SMILES string of the molecule is Fc1n[c]nc(Cl)n1. The van der Waals surface area contributed by atoms with E-state index in [1.165, 1.54) is 0 Å². The van der Waals surface area contributed by atoms with Crippen LogP contribution in [-0.2, 0) is 0 Å². The standard InChI is InChI=1S/C3ClFN3/c4-2-6-1-7-3(5)8-2. The summed E-state index contributed by atoms with van der Waals surface area (Å²) in [5.41, 5.74) is 0.